The van der Waals surface area contributed by atoms with E-state index in [1.807, 2.05) is 17.3 Å². The van der Waals surface area contributed by atoms with Crippen molar-refractivity contribution in [1.82, 2.24) is 19.8 Å². The largest absolute Gasteiger partial charge is 0.343 e. The average Bonchev–Trinajstić information content (AvgIpc) is 3.20. The highest BCUT2D eigenvalue weighted by atomic mass is 32.1. The Kier molecular flexibility index (Phi) is 4.14. The van der Waals surface area contributed by atoms with Crippen LogP contribution in [0, 0.1) is 0 Å². The monoisotopic (exact) mass is 346 g/mol. The highest BCUT2D eigenvalue weighted by molar-refractivity contribution is 7.16. The molecule has 2 saturated heterocycles. The van der Waals surface area contributed by atoms with Gasteiger partial charge in [-0.25, -0.2) is 4.98 Å². The van der Waals surface area contributed by atoms with Gasteiger partial charge < -0.3 is 10.2 Å². The second-order valence-electron chi connectivity index (χ2n) is 6.90. The van der Waals surface area contributed by atoms with E-state index in [2.05, 4.69) is 10.3 Å². The Morgan fingerprint density at radius 3 is 2.92 bits per heavy atom. The maximum absolute atomic E-state index is 12.5. The van der Waals surface area contributed by atoms with Gasteiger partial charge in [0.1, 0.15) is 4.83 Å². The molecular weight excluding hydrogens is 324 g/mol. The van der Waals surface area contributed by atoms with E-state index in [9.17, 15) is 9.59 Å². The van der Waals surface area contributed by atoms with E-state index in [0.29, 0.717) is 36.5 Å². The van der Waals surface area contributed by atoms with Crippen LogP contribution in [-0.4, -0.2) is 45.5 Å². The molecule has 2 aromatic heterocycles. The van der Waals surface area contributed by atoms with Crippen molar-refractivity contribution < 1.29 is 4.79 Å². The topological polar surface area (TPSA) is 67.2 Å². The number of thiophene rings is 1. The summed E-state index contributed by atoms with van der Waals surface area (Å²) in [6, 6.07) is 3.25. The predicted molar refractivity (Wildman–Crippen MR) is 94.2 cm³/mol. The Labute approximate surface area is 144 Å². The van der Waals surface area contributed by atoms with Crippen molar-refractivity contribution in [2.45, 2.75) is 56.8 Å². The van der Waals surface area contributed by atoms with E-state index in [0.717, 1.165) is 17.7 Å². The minimum atomic E-state index is -0.0587. The number of hydrogen-bond donors (Lipinski definition) is 1. The van der Waals surface area contributed by atoms with Crippen molar-refractivity contribution in [1.29, 1.82) is 0 Å². The zero-order valence-corrected chi connectivity index (χ0v) is 14.6. The minimum absolute atomic E-state index is 0.0587. The summed E-state index contributed by atoms with van der Waals surface area (Å²) in [7, 11) is 1.90. The molecule has 0 aliphatic carbocycles. The lowest BCUT2D eigenvalue weighted by Crippen LogP contribution is -2.48. The fourth-order valence-electron chi connectivity index (χ4n) is 3.99. The van der Waals surface area contributed by atoms with Gasteiger partial charge in [0.05, 0.1) is 11.7 Å². The van der Waals surface area contributed by atoms with Gasteiger partial charge in [0.2, 0.25) is 5.91 Å². The molecule has 2 atom stereocenters. The van der Waals surface area contributed by atoms with Crippen LogP contribution in [0.5, 0.6) is 0 Å². The van der Waals surface area contributed by atoms with Crippen LogP contribution in [-0.2, 0) is 11.3 Å². The third-order valence-electron chi connectivity index (χ3n) is 5.41. The number of aromatic nitrogens is 2. The SMILES string of the molecule is CN(C(=O)CCn1cnc2sccc2c1=O)C1CC2CCC(C1)N2. The molecule has 0 saturated carbocycles. The Balaban J connectivity index is 1.40. The van der Waals surface area contributed by atoms with Gasteiger partial charge in [0, 0.05) is 38.1 Å². The molecule has 2 unspecified atom stereocenters. The fourth-order valence-corrected chi connectivity index (χ4v) is 4.72. The lowest BCUT2D eigenvalue weighted by Gasteiger charge is -2.35. The summed E-state index contributed by atoms with van der Waals surface area (Å²) >= 11 is 1.46. The number of fused-ring (bicyclic) bond motifs is 3. The number of nitrogens with zero attached hydrogens (tertiary/aromatic N) is 3. The first-order valence-corrected chi connectivity index (χ1v) is 9.44. The number of carbonyl (C=O) groups excluding carboxylic acids is 1. The van der Waals surface area contributed by atoms with Crippen LogP contribution >= 0.6 is 11.3 Å². The van der Waals surface area contributed by atoms with Crippen molar-refractivity contribution in [2.75, 3.05) is 7.05 Å². The Morgan fingerprint density at radius 2 is 2.17 bits per heavy atom. The van der Waals surface area contributed by atoms with Crippen molar-refractivity contribution >= 4 is 27.5 Å². The number of hydrogen-bond acceptors (Lipinski definition) is 5. The van der Waals surface area contributed by atoms with Gasteiger partial charge in [0.25, 0.3) is 5.56 Å². The maximum atomic E-state index is 12.5. The molecule has 0 spiro atoms. The molecule has 7 heteroatoms. The molecule has 2 aliphatic heterocycles. The van der Waals surface area contributed by atoms with Gasteiger partial charge in [-0.05, 0) is 37.1 Å². The van der Waals surface area contributed by atoms with Gasteiger partial charge in [-0.15, -0.1) is 11.3 Å². The Bertz CT molecular complexity index is 802. The minimum Gasteiger partial charge on any atom is -0.343 e. The van der Waals surface area contributed by atoms with Crippen LogP contribution in [0.1, 0.15) is 32.1 Å². The summed E-state index contributed by atoms with van der Waals surface area (Å²) in [6.45, 7) is 0.388. The molecule has 2 fully saturated rings. The molecule has 0 aromatic carbocycles. The lowest BCUT2D eigenvalue weighted by atomic mass is 9.98. The standard InChI is InChI=1S/C17H22N4O2S/c1-20(13-8-11-2-3-12(9-13)19-11)15(22)4-6-21-10-18-16-14(17(21)23)5-7-24-16/h5,7,10-13,19H,2-4,6,8-9H2,1H3. The molecule has 2 aromatic rings. The maximum Gasteiger partial charge on any atom is 0.262 e. The summed E-state index contributed by atoms with van der Waals surface area (Å²) in [4.78, 5) is 31.9. The third kappa shape index (κ3) is 2.86. The number of rotatable bonds is 4. The first kappa shape index (κ1) is 15.8. The number of amides is 1. The molecular formula is C17H22N4O2S. The molecule has 6 nitrogen and oxygen atoms in total. The molecule has 4 rings (SSSR count). The molecule has 128 valence electrons. The number of aryl methyl sites for hydroxylation is 1. The zero-order valence-electron chi connectivity index (χ0n) is 13.8. The fraction of sp³-hybridized carbons (Fsp3) is 0.588. The molecule has 4 heterocycles. The van der Waals surface area contributed by atoms with Crippen molar-refractivity contribution in [3.05, 3.63) is 28.1 Å². The quantitative estimate of drug-likeness (QED) is 0.913. The van der Waals surface area contributed by atoms with Crippen LogP contribution in [0.3, 0.4) is 0 Å². The summed E-state index contributed by atoms with van der Waals surface area (Å²) in [5, 5.41) is 6.11. The van der Waals surface area contributed by atoms with E-state index < -0.39 is 0 Å². The Morgan fingerprint density at radius 1 is 1.42 bits per heavy atom. The van der Waals surface area contributed by atoms with E-state index in [1.54, 1.807) is 17.0 Å². The number of carbonyl (C=O) groups is 1. The average molecular weight is 346 g/mol. The van der Waals surface area contributed by atoms with E-state index >= 15 is 0 Å². The second kappa shape index (κ2) is 6.29. The van der Waals surface area contributed by atoms with Crippen molar-refractivity contribution in [2.24, 2.45) is 0 Å². The van der Waals surface area contributed by atoms with E-state index in [4.69, 9.17) is 0 Å². The van der Waals surface area contributed by atoms with Crippen molar-refractivity contribution in [3.63, 3.8) is 0 Å². The van der Waals surface area contributed by atoms with Crippen LogP contribution in [0.15, 0.2) is 22.6 Å². The summed E-state index contributed by atoms with van der Waals surface area (Å²) in [6.07, 6.45) is 6.43. The van der Waals surface area contributed by atoms with E-state index in [-0.39, 0.29) is 11.5 Å². The molecule has 0 radical (unpaired) electrons. The van der Waals surface area contributed by atoms with Gasteiger partial charge in [-0.3, -0.25) is 14.2 Å². The van der Waals surface area contributed by atoms with Crippen LogP contribution in [0.4, 0.5) is 0 Å². The summed E-state index contributed by atoms with van der Waals surface area (Å²) < 4.78 is 1.55. The lowest BCUT2D eigenvalue weighted by molar-refractivity contribution is -0.132. The molecule has 1 N–H and O–H groups in total. The zero-order chi connectivity index (χ0) is 16.7. The van der Waals surface area contributed by atoms with Gasteiger partial charge in [-0.1, -0.05) is 0 Å². The summed E-state index contributed by atoms with van der Waals surface area (Å²) in [5.41, 5.74) is -0.0587. The van der Waals surface area contributed by atoms with Crippen LogP contribution in [0.25, 0.3) is 10.2 Å². The predicted octanol–water partition coefficient (Wildman–Crippen LogP) is 1.59. The van der Waals surface area contributed by atoms with Gasteiger partial charge >= 0.3 is 0 Å². The molecule has 24 heavy (non-hydrogen) atoms. The van der Waals surface area contributed by atoms with Gasteiger partial charge in [0.15, 0.2) is 0 Å². The smallest absolute Gasteiger partial charge is 0.262 e. The third-order valence-corrected chi connectivity index (χ3v) is 6.23. The Hall–Kier alpha value is -1.73. The highest BCUT2D eigenvalue weighted by Crippen LogP contribution is 2.29. The molecule has 2 bridgehead atoms. The van der Waals surface area contributed by atoms with Crippen LogP contribution < -0.4 is 10.9 Å². The second-order valence-corrected chi connectivity index (χ2v) is 7.79. The summed E-state index contributed by atoms with van der Waals surface area (Å²) in [5.74, 6) is 0.110. The van der Waals surface area contributed by atoms with Crippen molar-refractivity contribution in [3.8, 4) is 0 Å². The molecule has 1 amide bonds. The first-order valence-electron chi connectivity index (χ1n) is 8.56. The number of nitrogens with one attached hydrogen (secondary N) is 1. The molecule has 2 aliphatic rings. The number of piperidine rings is 1. The first-order chi connectivity index (χ1) is 11.6. The normalized spacial score (nSPS) is 26.0. The van der Waals surface area contributed by atoms with Gasteiger partial charge in [-0.2, -0.15) is 0 Å². The highest BCUT2D eigenvalue weighted by Gasteiger charge is 2.36. The van der Waals surface area contributed by atoms with Crippen LogP contribution in [0.2, 0.25) is 0 Å². The van der Waals surface area contributed by atoms with E-state index in [1.165, 1.54) is 24.2 Å².